The fourth-order valence-corrected chi connectivity index (χ4v) is 7.17. The Kier molecular flexibility index (Phi) is 6.26. The van der Waals surface area contributed by atoms with Gasteiger partial charge in [0.25, 0.3) is 0 Å². The van der Waals surface area contributed by atoms with Crippen molar-refractivity contribution in [3.63, 3.8) is 0 Å². The second-order valence-corrected chi connectivity index (χ2v) is 11.8. The largest absolute Gasteiger partial charge is 0.451 e. The number of amides is 2. The number of fused-ring (bicyclic) bond motifs is 6. The Hall–Kier alpha value is -4.65. The predicted octanol–water partition coefficient (Wildman–Crippen LogP) is 6.17. The normalized spacial score (nSPS) is 23.3. The highest BCUT2D eigenvalue weighted by Gasteiger charge is 2.61. The lowest BCUT2D eigenvalue weighted by molar-refractivity contribution is -0.123. The monoisotopic (exact) mass is 558 g/mol. The molecule has 1 aromatic heterocycles. The molecule has 210 valence electrons. The average molecular weight is 559 g/mol. The van der Waals surface area contributed by atoms with Gasteiger partial charge < -0.3 is 4.74 Å². The molecule has 7 heteroatoms. The molecule has 0 radical (unpaired) electrons. The number of hydrogen-bond acceptors (Lipinski definition) is 6. The molecular weight excluding hydrogens is 528 g/mol. The van der Waals surface area contributed by atoms with Gasteiger partial charge in [-0.15, -0.1) is 0 Å². The predicted molar refractivity (Wildman–Crippen MR) is 158 cm³/mol. The lowest BCUT2D eigenvalue weighted by atomic mass is 9.81. The van der Waals surface area contributed by atoms with Gasteiger partial charge in [-0.3, -0.25) is 19.3 Å². The second kappa shape index (κ2) is 10.0. The smallest absolute Gasteiger partial charge is 0.339 e. The number of ketones is 1. The highest BCUT2D eigenvalue weighted by atomic mass is 16.5. The number of esters is 1. The molecule has 0 spiro atoms. The lowest BCUT2D eigenvalue weighted by Crippen LogP contribution is -2.32. The highest BCUT2D eigenvalue weighted by molar-refractivity contribution is 6.22. The number of pyridine rings is 1. The molecule has 3 fully saturated rings. The van der Waals surface area contributed by atoms with Crippen LogP contribution in [-0.4, -0.2) is 34.7 Å². The summed E-state index contributed by atoms with van der Waals surface area (Å²) in [6, 6.07) is 23.3. The molecule has 1 saturated heterocycles. The molecular formula is C35H30N2O5. The van der Waals surface area contributed by atoms with E-state index >= 15 is 0 Å². The van der Waals surface area contributed by atoms with Gasteiger partial charge >= 0.3 is 5.97 Å². The van der Waals surface area contributed by atoms with Crippen molar-refractivity contribution in [2.45, 2.75) is 39.2 Å². The molecule has 5 atom stereocenters. The standard InChI is InChI=1S/C35H30N2O5/c1-19-7-9-22(10-8-19)32(38)20(2)42-35(41)27-18-29(36-28-6-4-3-5-26(27)28)21-13-15-25(16-14-21)37-33(39)30-23-11-12-24(17-23)31(30)34(37)40/h3-10,13-16,18,20,23-24,30-31H,11-12,17H2,1-2H3/t20-,23-,24+,30-,31+/m0/s1. The molecule has 3 aromatic carbocycles. The fraction of sp³-hybridized carbons (Fsp3) is 0.286. The summed E-state index contributed by atoms with van der Waals surface area (Å²) in [5.41, 5.74) is 4.25. The van der Waals surface area contributed by atoms with Gasteiger partial charge in [-0.1, -0.05) is 60.2 Å². The number of hydrogen-bond donors (Lipinski definition) is 0. The Morgan fingerprint density at radius 1 is 0.881 bits per heavy atom. The van der Waals surface area contributed by atoms with Crippen molar-refractivity contribution < 1.29 is 23.9 Å². The molecule has 42 heavy (non-hydrogen) atoms. The Morgan fingerprint density at radius 3 is 2.19 bits per heavy atom. The maximum absolute atomic E-state index is 13.4. The fourth-order valence-electron chi connectivity index (χ4n) is 7.17. The van der Waals surface area contributed by atoms with Crippen LogP contribution in [0.15, 0.2) is 78.9 Å². The Labute approximate surface area is 243 Å². The zero-order valence-corrected chi connectivity index (χ0v) is 23.4. The minimum Gasteiger partial charge on any atom is -0.451 e. The van der Waals surface area contributed by atoms with Crippen molar-refractivity contribution in [1.82, 2.24) is 4.98 Å². The van der Waals surface area contributed by atoms with E-state index in [-0.39, 0.29) is 29.4 Å². The lowest BCUT2D eigenvalue weighted by Gasteiger charge is -2.19. The summed E-state index contributed by atoms with van der Waals surface area (Å²) in [6.07, 6.45) is 2.10. The van der Waals surface area contributed by atoms with Crippen LogP contribution in [0.4, 0.5) is 5.69 Å². The first-order chi connectivity index (χ1) is 20.3. The van der Waals surface area contributed by atoms with Crippen LogP contribution in [0.1, 0.15) is 52.5 Å². The number of carbonyl (C=O) groups is 4. The molecule has 0 N–H and O–H groups in total. The summed E-state index contributed by atoms with van der Waals surface area (Å²) >= 11 is 0. The SMILES string of the molecule is Cc1ccc(C(=O)[C@H](C)OC(=O)c2cc(-c3ccc(N4C(=O)[C@@H]5[C@@H]6CC[C@@H](C6)[C@@H]5C4=O)cc3)nc3ccccc23)cc1. The average Bonchev–Trinajstić information content (AvgIpc) is 3.70. The van der Waals surface area contributed by atoms with E-state index in [2.05, 4.69) is 0 Å². The van der Waals surface area contributed by atoms with Crippen molar-refractivity contribution >= 4 is 40.2 Å². The quantitative estimate of drug-likeness (QED) is 0.160. The Balaban J connectivity index is 1.16. The summed E-state index contributed by atoms with van der Waals surface area (Å²) in [4.78, 5) is 59.0. The summed E-state index contributed by atoms with van der Waals surface area (Å²) in [5, 5.41) is 0.618. The summed E-state index contributed by atoms with van der Waals surface area (Å²) in [6.45, 7) is 3.51. The van der Waals surface area contributed by atoms with E-state index in [0.717, 1.165) is 30.4 Å². The molecule has 2 aliphatic carbocycles. The molecule has 3 aliphatic rings. The first kappa shape index (κ1) is 26.3. The van der Waals surface area contributed by atoms with Crippen LogP contribution in [0.2, 0.25) is 0 Å². The van der Waals surface area contributed by atoms with E-state index in [1.54, 1.807) is 43.3 Å². The van der Waals surface area contributed by atoms with Crippen molar-refractivity contribution in [2.75, 3.05) is 4.90 Å². The second-order valence-electron chi connectivity index (χ2n) is 11.8. The van der Waals surface area contributed by atoms with Crippen molar-refractivity contribution in [1.29, 1.82) is 0 Å². The minimum absolute atomic E-state index is 0.0758. The highest BCUT2D eigenvalue weighted by Crippen LogP contribution is 2.56. The van der Waals surface area contributed by atoms with Gasteiger partial charge in [-0.2, -0.15) is 0 Å². The number of aryl methyl sites for hydroxylation is 1. The van der Waals surface area contributed by atoms with E-state index in [4.69, 9.17) is 9.72 Å². The van der Waals surface area contributed by atoms with Gasteiger partial charge in [0.05, 0.1) is 34.3 Å². The third kappa shape index (κ3) is 4.23. The van der Waals surface area contributed by atoms with Gasteiger partial charge in [-0.25, -0.2) is 9.78 Å². The van der Waals surface area contributed by atoms with Crippen LogP contribution < -0.4 is 4.90 Å². The van der Waals surface area contributed by atoms with Crippen LogP contribution in [0.5, 0.6) is 0 Å². The van der Waals surface area contributed by atoms with Crippen LogP contribution >= 0.6 is 0 Å². The number of para-hydroxylation sites is 1. The number of imide groups is 1. The van der Waals surface area contributed by atoms with E-state index in [1.807, 2.05) is 49.4 Å². The first-order valence-electron chi connectivity index (χ1n) is 14.5. The number of anilines is 1. The number of benzene rings is 3. The van der Waals surface area contributed by atoms with Gasteiger partial charge in [0, 0.05) is 16.5 Å². The molecule has 7 nitrogen and oxygen atoms in total. The topological polar surface area (TPSA) is 93.6 Å². The number of nitrogens with zero attached hydrogens (tertiary/aromatic N) is 2. The van der Waals surface area contributed by atoms with Crippen molar-refractivity contribution in [3.8, 4) is 11.3 Å². The summed E-state index contributed by atoms with van der Waals surface area (Å²) < 4.78 is 5.65. The van der Waals surface area contributed by atoms with Gasteiger partial charge in [0.1, 0.15) is 0 Å². The van der Waals surface area contributed by atoms with Crippen LogP contribution in [0, 0.1) is 30.6 Å². The van der Waals surface area contributed by atoms with E-state index in [1.165, 1.54) is 4.90 Å². The van der Waals surface area contributed by atoms with Crippen LogP contribution in [0.3, 0.4) is 0 Å². The van der Waals surface area contributed by atoms with E-state index in [0.29, 0.717) is 45.2 Å². The molecule has 7 rings (SSSR count). The third-order valence-corrected chi connectivity index (χ3v) is 9.27. The number of aromatic nitrogens is 1. The molecule has 4 aromatic rings. The first-order valence-corrected chi connectivity index (χ1v) is 14.5. The molecule has 1 aliphatic heterocycles. The molecule has 2 bridgehead atoms. The maximum atomic E-state index is 13.4. The number of Topliss-reactive ketones (excluding diaryl/α,β-unsaturated/α-hetero) is 1. The molecule has 2 amide bonds. The van der Waals surface area contributed by atoms with Gasteiger partial charge in [0.15, 0.2) is 6.10 Å². The van der Waals surface area contributed by atoms with Gasteiger partial charge in [0.2, 0.25) is 17.6 Å². The summed E-state index contributed by atoms with van der Waals surface area (Å²) in [7, 11) is 0. The Bertz CT molecular complexity index is 1730. The zero-order valence-electron chi connectivity index (χ0n) is 23.4. The number of carbonyl (C=O) groups excluding carboxylic acids is 4. The summed E-state index contributed by atoms with van der Waals surface area (Å²) in [5.74, 6) is -0.735. The van der Waals surface area contributed by atoms with E-state index < -0.39 is 12.1 Å². The van der Waals surface area contributed by atoms with Crippen molar-refractivity contribution in [3.05, 3.63) is 95.6 Å². The van der Waals surface area contributed by atoms with Crippen LogP contribution in [0.25, 0.3) is 22.2 Å². The van der Waals surface area contributed by atoms with Crippen molar-refractivity contribution in [2.24, 2.45) is 23.7 Å². The molecule has 2 saturated carbocycles. The Morgan fingerprint density at radius 2 is 1.52 bits per heavy atom. The zero-order chi connectivity index (χ0) is 29.1. The third-order valence-electron chi connectivity index (χ3n) is 9.27. The molecule has 2 heterocycles. The number of ether oxygens (including phenoxy) is 1. The van der Waals surface area contributed by atoms with E-state index in [9.17, 15) is 19.2 Å². The van der Waals surface area contributed by atoms with Gasteiger partial charge in [-0.05, 0) is 69.2 Å². The maximum Gasteiger partial charge on any atom is 0.339 e. The minimum atomic E-state index is -0.972. The van der Waals surface area contributed by atoms with Crippen LogP contribution in [-0.2, 0) is 14.3 Å². The number of rotatable bonds is 6. The molecule has 0 unspecified atom stereocenters.